The first-order valence-corrected chi connectivity index (χ1v) is 10.8. The van der Waals surface area contributed by atoms with Crippen LogP contribution in [-0.4, -0.2) is 51.7 Å². The van der Waals surface area contributed by atoms with Crippen LogP contribution in [-0.2, 0) is 16.1 Å². The van der Waals surface area contributed by atoms with Crippen LogP contribution in [0.15, 0.2) is 40.8 Å². The van der Waals surface area contributed by atoms with E-state index < -0.39 is 0 Å². The fraction of sp³-hybridized carbons (Fsp3) is 0.400. The highest BCUT2D eigenvalue weighted by atomic mass is 35.5. The number of carbonyl (C=O) groups is 2. The maximum atomic E-state index is 12.8. The Morgan fingerprint density at radius 1 is 1.38 bits per heavy atom. The molecule has 1 aromatic heterocycles. The summed E-state index contributed by atoms with van der Waals surface area (Å²) >= 11 is 7.20. The Morgan fingerprint density at radius 3 is 2.93 bits per heavy atom. The Kier molecular flexibility index (Phi) is 7.33. The first-order valence-electron chi connectivity index (χ1n) is 9.48. The molecule has 1 fully saturated rings. The van der Waals surface area contributed by atoms with Gasteiger partial charge >= 0.3 is 0 Å². The molecule has 7 nitrogen and oxygen atoms in total. The number of likely N-dealkylation sites (tertiary alicyclic amines) is 1. The number of thioether (sulfide) groups is 1. The molecule has 154 valence electrons. The number of aromatic nitrogens is 2. The minimum Gasteiger partial charge on any atom is -0.355 e. The van der Waals surface area contributed by atoms with Gasteiger partial charge in [0.05, 0.1) is 16.7 Å². The third-order valence-corrected chi connectivity index (χ3v) is 5.84. The predicted octanol–water partition coefficient (Wildman–Crippen LogP) is 2.46. The lowest BCUT2D eigenvalue weighted by atomic mass is 10.2. The van der Waals surface area contributed by atoms with Crippen molar-refractivity contribution in [1.29, 1.82) is 0 Å². The van der Waals surface area contributed by atoms with E-state index in [4.69, 9.17) is 11.6 Å². The van der Waals surface area contributed by atoms with Crippen LogP contribution in [0.2, 0.25) is 5.02 Å². The first-order chi connectivity index (χ1) is 14.0. The molecule has 0 saturated carbocycles. The molecule has 0 aliphatic carbocycles. The molecule has 3 rings (SSSR count). The van der Waals surface area contributed by atoms with E-state index in [0.29, 0.717) is 47.1 Å². The van der Waals surface area contributed by atoms with E-state index in [1.165, 1.54) is 16.3 Å². The van der Waals surface area contributed by atoms with E-state index in [-0.39, 0.29) is 23.1 Å². The summed E-state index contributed by atoms with van der Waals surface area (Å²) in [5.74, 6) is 0.194. The van der Waals surface area contributed by atoms with Crippen molar-refractivity contribution < 1.29 is 9.59 Å². The van der Waals surface area contributed by atoms with Crippen molar-refractivity contribution in [2.45, 2.75) is 31.0 Å². The number of amides is 2. The normalized spacial score (nSPS) is 13.8. The molecule has 1 saturated heterocycles. The van der Waals surface area contributed by atoms with Gasteiger partial charge in [0.1, 0.15) is 0 Å². The summed E-state index contributed by atoms with van der Waals surface area (Å²) in [5.41, 5.74) is 0.327. The van der Waals surface area contributed by atoms with Crippen molar-refractivity contribution in [2.24, 2.45) is 0 Å². The zero-order valence-corrected chi connectivity index (χ0v) is 17.6. The van der Waals surface area contributed by atoms with E-state index in [2.05, 4.69) is 16.9 Å². The van der Waals surface area contributed by atoms with Crippen LogP contribution >= 0.6 is 23.4 Å². The second-order valence-electron chi connectivity index (χ2n) is 6.74. The summed E-state index contributed by atoms with van der Waals surface area (Å²) in [5, 5.41) is 4.22. The monoisotopic (exact) mass is 434 g/mol. The number of benzene rings is 1. The third kappa shape index (κ3) is 5.39. The molecule has 0 bridgehead atoms. The summed E-state index contributed by atoms with van der Waals surface area (Å²) in [6.45, 7) is 5.96. The molecule has 1 aromatic carbocycles. The summed E-state index contributed by atoms with van der Waals surface area (Å²) in [4.78, 5) is 42.9. The van der Waals surface area contributed by atoms with Crippen LogP contribution in [0.5, 0.6) is 0 Å². The highest BCUT2D eigenvalue weighted by molar-refractivity contribution is 7.99. The number of halogens is 1. The Hall–Kier alpha value is -2.32. The predicted molar refractivity (Wildman–Crippen MR) is 115 cm³/mol. The van der Waals surface area contributed by atoms with Crippen LogP contribution in [0.1, 0.15) is 19.3 Å². The molecular weight excluding hydrogens is 412 g/mol. The molecule has 0 spiro atoms. The van der Waals surface area contributed by atoms with E-state index in [9.17, 15) is 14.4 Å². The van der Waals surface area contributed by atoms with Crippen LogP contribution in [0.25, 0.3) is 10.9 Å². The zero-order chi connectivity index (χ0) is 20.8. The molecule has 0 unspecified atom stereocenters. The number of rotatable bonds is 9. The molecule has 2 amide bonds. The number of allylic oxidation sites excluding steroid dienone is 1. The standard InChI is InChI=1S/C20H23ClN4O3S/c1-2-9-25-19(28)15-12-14(21)6-7-16(15)23-20(25)29-13-17(26)22-8-4-11-24-10-3-5-18(24)27/h2,6-7,12H,1,3-5,8-11,13H2,(H,22,26). The molecule has 1 aliphatic heterocycles. The van der Waals surface area contributed by atoms with Crippen molar-refractivity contribution in [1.82, 2.24) is 19.8 Å². The summed E-state index contributed by atoms with van der Waals surface area (Å²) in [6.07, 6.45) is 3.88. The lowest BCUT2D eigenvalue weighted by Gasteiger charge is -2.15. The van der Waals surface area contributed by atoms with E-state index in [1.54, 1.807) is 24.3 Å². The van der Waals surface area contributed by atoms with Crippen molar-refractivity contribution in [2.75, 3.05) is 25.4 Å². The number of nitrogens with zero attached hydrogens (tertiary/aromatic N) is 3. The van der Waals surface area contributed by atoms with Gasteiger partial charge in [-0.2, -0.15) is 0 Å². The van der Waals surface area contributed by atoms with Crippen LogP contribution in [0.3, 0.4) is 0 Å². The summed E-state index contributed by atoms with van der Waals surface area (Å²) in [6, 6.07) is 4.97. The molecule has 9 heteroatoms. The van der Waals surface area contributed by atoms with Crippen molar-refractivity contribution in [3.05, 3.63) is 46.2 Å². The molecule has 2 aromatic rings. The molecule has 1 N–H and O–H groups in total. The van der Waals surface area contributed by atoms with Crippen LogP contribution in [0.4, 0.5) is 0 Å². The van der Waals surface area contributed by atoms with Crippen molar-refractivity contribution in [3.8, 4) is 0 Å². The van der Waals surface area contributed by atoms with Gasteiger partial charge in [0.2, 0.25) is 11.8 Å². The van der Waals surface area contributed by atoms with E-state index in [0.717, 1.165) is 19.4 Å². The Labute approximate surface area is 178 Å². The van der Waals surface area contributed by atoms with Gasteiger partial charge in [0.25, 0.3) is 5.56 Å². The highest BCUT2D eigenvalue weighted by Gasteiger charge is 2.19. The maximum Gasteiger partial charge on any atom is 0.262 e. The first kappa shape index (κ1) is 21.4. The Bertz CT molecular complexity index is 992. The second kappa shape index (κ2) is 9.93. The highest BCUT2D eigenvalue weighted by Crippen LogP contribution is 2.20. The lowest BCUT2D eigenvalue weighted by molar-refractivity contribution is -0.127. The molecule has 0 radical (unpaired) electrons. The molecule has 1 aliphatic rings. The number of carbonyl (C=O) groups excluding carboxylic acids is 2. The SMILES string of the molecule is C=CCn1c(SCC(=O)NCCCN2CCCC2=O)nc2ccc(Cl)cc2c1=O. The largest absolute Gasteiger partial charge is 0.355 e. The minimum absolute atomic E-state index is 0.140. The second-order valence-corrected chi connectivity index (χ2v) is 8.12. The number of hydrogen-bond donors (Lipinski definition) is 1. The van der Waals surface area contributed by atoms with E-state index in [1.807, 2.05) is 4.90 Å². The van der Waals surface area contributed by atoms with Gasteiger partial charge in [-0.3, -0.25) is 19.0 Å². The summed E-state index contributed by atoms with van der Waals surface area (Å²) in [7, 11) is 0. The fourth-order valence-electron chi connectivity index (χ4n) is 3.19. The number of hydrogen-bond acceptors (Lipinski definition) is 5. The van der Waals surface area contributed by atoms with Gasteiger partial charge < -0.3 is 10.2 Å². The average Bonchev–Trinajstić information content (AvgIpc) is 3.11. The summed E-state index contributed by atoms with van der Waals surface area (Å²) < 4.78 is 1.49. The molecule has 2 heterocycles. The van der Waals surface area contributed by atoms with Crippen molar-refractivity contribution >= 4 is 46.1 Å². The van der Waals surface area contributed by atoms with Crippen LogP contribution in [0, 0.1) is 0 Å². The fourth-order valence-corrected chi connectivity index (χ4v) is 4.20. The molecule has 29 heavy (non-hydrogen) atoms. The third-order valence-electron chi connectivity index (χ3n) is 4.62. The van der Waals surface area contributed by atoms with Gasteiger partial charge in [-0.25, -0.2) is 4.98 Å². The molecule has 0 atom stereocenters. The van der Waals surface area contributed by atoms with Gasteiger partial charge in [-0.05, 0) is 31.0 Å². The quantitative estimate of drug-likeness (QED) is 0.283. The smallest absolute Gasteiger partial charge is 0.262 e. The Morgan fingerprint density at radius 2 is 2.21 bits per heavy atom. The maximum absolute atomic E-state index is 12.8. The van der Waals surface area contributed by atoms with Crippen LogP contribution < -0.4 is 10.9 Å². The van der Waals surface area contributed by atoms with Gasteiger partial charge in [0.15, 0.2) is 5.16 Å². The van der Waals surface area contributed by atoms with Gasteiger partial charge in [0, 0.05) is 37.6 Å². The molecular formula is C20H23ClN4O3S. The van der Waals surface area contributed by atoms with Gasteiger partial charge in [-0.15, -0.1) is 6.58 Å². The number of nitrogens with one attached hydrogen (secondary N) is 1. The topological polar surface area (TPSA) is 84.3 Å². The zero-order valence-electron chi connectivity index (χ0n) is 16.0. The Balaban J connectivity index is 1.59. The average molecular weight is 435 g/mol. The van der Waals surface area contributed by atoms with E-state index >= 15 is 0 Å². The lowest BCUT2D eigenvalue weighted by Crippen LogP contribution is -2.31. The number of fused-ring (bicyclic) bond motifs is 1. The van der Waals surface area contributed by atoms with Gasteiger partial charge in [-0.1, -0.05) is 29.4 Å². The van der Waals surface area contributed by atoms with Crippen molar-refractivity contribution in [3.63, 3.8) is 0 Å². The minimum atomic E-state index is -0.212.